The summed E-state index contributed by atoms with van der Waals surface area (Å²) in [4.78, 5) is 11.1. The molecule has 92 valence electrons. The first-order valence-electron chi connectivity index (χ1n) is 4.97. The van der Waals surface area contributed by atoms with Gasteiger partial charge in [0, 0.05) is 5.56 Å². The van der Waals surface area contributed by atoms with Gasteiger partial charge in [0.25, 0.3) is 0 Å². The van der Waals surface area contributed by atoms with Crippen LogP contribution < -0.4 is 0 Å². The van der Waals surface area contributed by atoms with Gasteiger partial charge in [0.15, 0.2) is 11.6 Å². The maximum atomic E-state index is 13.7. The maximum absolute atomic E-state index is 13.7. The van der Waals surface area contributed by atoms with Crippen LogP contribution in [0, 0.1) is 17.5 Å². The Hall–Kier alpha value is -1.23. The van der Waals surface area contributed by atoms with E-state index in [9.17, 15) is 18.0 Å². The van der Waals surface area contributed by atoms with Crippen molar-refractivity contribution in [2.24, 2.45) is 0 Å². The summed E-state index contributed by atoms with van der Waals surface area (Å²) in [7, 11) is 0. The lowest BCUT2D eigenvalue weighted by Gasteiger charge is -2.38. The van der Waals surface area contributed by atoms with Crippen LogP contribution in [-0.2, 0) is 10.2 Å². The molecule has 2 nitrogen and oxygen atoms in total. The van der Waals surface area contributed by atoms with E-state index in [1.165, 1.54) is 0 Å². The van der Waals surface area contributed by atoms with Gasteiger partial charge < -0.3 is 5.11 Å². The Morgan fingerprint density at radius 3 is 2.29 bits per heavy atom. The van der Waals surface area contributed by atoms with Gasteiger partial charge >= 0.3 is 5.97 Å². The number of aliphatic carboxylic acids is 1. The lowest BCUT2D eigenvalue weighted by Crippen LogP contribution is -2.44. The van der Waals surface area contributed by atoms with Gasteiger partial charge in [-0.15, -0.1) is 0 Å². The van der Waals surface area contributed by atoms with Crippen LogP contribution in [0.4, 0.5) is 13.2 Å². The summed E-state index contributed by atoms with van der Waals surface area (Å²) in [6.45, 7) is 0. The molecule has 0 unspecified atom stereocenters. The van der Waals surface area contributed by atoms with E-state index in [0.29, 0.717) is 12.5 Å². The molecule has 1 N–H and O–H groups in total. The molecule has 2 rings (SSSR count). The first-order chi connectivity index (χ1) is 7.90. The van der Waals surface area contributed by atoms with Crippen LogP contribution in [-0.4, -0.2) is 11.1 Å². The van der Waals surface area contributed by atoms with Crippen LogP contribution in [0.5, 0.6) is 0 Å². The fraction of sp³-hybridized carbons (Fsp3) is 0.364. The fourth-order valence-electron chi connectivity index (χ4n) is 2.09. The van der Waals surface area contributed by atoms with Crippen molar-refractivity contribution in [3.63, 3.8) is 0 Å². The number of carboxylic acid groups (broad SMARTS) is 1. The van der Waals surface area contributed by atoms with Gasteiger partial charge in [0.2, 0.25) is 0 Å². The standard InChI is InChI=1S/C11H8ClF3O2/c12-5-4-6(13)9(15)7(8(5)14)11(10(16)17)2-1-3-11/h4H,1-3H2,(H,16,17). The summed E-state index contributed by atoms with van der Waals surface area (Å²) in [5, 5.41) is 8.46. The summed E-state index contributed by atoms with van der Waals surface area (Å²) in [6, 6.07) is 0.504. The molecule has 0 atom stereocenters. The summed E-state index contributed by atoms with van der Waals surface area (Å²) in [5.41, 5.74) is -2.44. The lowest BCUT2D eigenvalue weighted by atomic mass is 9.64. The zero-order chi connectivity index (χ0) is 12.8. The lowest BCUT2D eigenvalue weighted by molar-refractivity contribution is -0.147. The van der Waals surface area contributed by atoms with E-state index >= 15 is 0 Å². The molecule has 0 aromatic heterocycles. The predicted molar refractivity (Wildman–Crippen MR) is 54.5 cm³/mol. The quantitative estimate of drug-likeness (QED) is 0.833. The Bertz CT molecular complexity index is 472. The van der Waals surface area contributed by atoms with Crippen molar-refractivity contribution in [2.45, 2.75) is 24.7 Å². The molecule has 0 amide bonds. The highest BCUT2D eigenvalue weighted by molar-refractivity contribution is 6.30. The van der Waals surface area contributed by atoms with Crippen LogP contribution in [0.25, 0.3) is 0 Å². The van der Waals surface area contributed by atoms with E-state index in [2.05, 4.69) is 0 Å². The Kier molecular flexibility index (Phi) is 2.81. The number of carbonyl (C=O) groups is 1. The smallest absolute Gasteiger partial charge is 0.314 e. The number of benzene rings is 1. The number of carboxylic acids is 1. The topological polar surface area (TPSA) is 37.3 Å². The van der Waals surface area contributed by atoms with Crippen LogP contribution in [0.2, 0.25) is 5.02 Å². The zero-order valence-electron chi connectivity index (χ0n) is 8.57. The first kappa shape index (κ1) is 12.2. The summed E-state index contributed by atoms with van der Waals surface area (Å²) >= 11 is 5.41. The number of rotatable bonds is 2. The number of hydrogen-bond acceptors (Lipinski definition) is 1. The average molecular weight is 265 g/mol. The first-order valence-corrected chi connectivity index (χ1v) is 5.35. The Morgan fingerprint density at radius 1 is 1.29 bits per heavy atom. The molecular formula is C11H8ClF3O2. The predicted octanol–water partition coefficient (Wildman–Crippen LogP) is 3.26. The van der Waals surface area contributed by atoms with E-state index in [1.54, 1.807) is 0 Å². The van der Waals surface area contributed by atoms with Crippen molar-refractivity contribution in [1.29, 1.82) is 0 Å². The molecule has 6 heteroatoms. The van der Waals surface area contributed by atoms with Crippen molar-refractivity contribution in [2.75, 3.05) is 0 Å². The maximum Gasteiger partial charge on any atom is 0.314 e. The third-order valence-electron chi connectivity index (χ3n) is 3.21. The molecular weight excluding hydrogens is 257 g/mol. The monoisotopic (exact) mass is 264 g/mol. The van der Waals surface area contributed by atoms with Crippen molar-refractivity contribution in [3.05, 3.63) is 34.1 Å². The Morgan fingerprint density at radius 2 is 1.88 bits per heavy atom. The summed E-state index contributed by atoms with van der Waals surface area (Å²) in [6.07, 6.45) is 0.686. The third-order valence-corrected chi connectivity index (χ3v) is 3.48. The summed E-state index contributed by atoms with van der Waals surface area (Å²) < 4.78 is 40.5. The molecule has 1 aromatic rings. The molecule has 0 aliphatic heterocycles. The van der Waals surface area contributed by atoms with Gasteiger partial charge in [0.05, 0.1) is 10.4 Å². The second-order valence-electron chi connectivity index (χ2n) is 4.08. The highest BCUT2D eigenvalue weighted by Crippen LogP contribution is 2.47. The van der Waals surface area contributed by atoms with Crippen molar-refractivity contribution >= 4 is 17.6 Å². The van der Waals surface area contributed by atoms with Crippen LogP contribution >= 0.6 is 11.6 Å². The second-order valence-corrected chi connectivity index (χ2v) is 4.49. The van der Waals surface area contributed by atoms with Gasteiger partial charge in [-0.1, -0.05) is 18.0 Å². The van der Waals surface area contributed by atoms with Gasteiger partial charge in [0.1, 0.15) is 5.82 Å². The fourth-order valence-corrected chi connectivity index (χ4v) is 2.28. The van der Waals surface area contributed by atoms with Crippen molar-refractivity contribution in [1.82, 2.24) is 0 Å². The van der Waals surface area contributed by atoms with Crippen LogP contribution in [0.3, 0.4) is 0 Å². The van der Waals surface area contributed by atoms with Crippen molar-refractivity contribution < 1.29 is 23.1 Å². The second kappa shape index (κ2) is 3.91. The Balaban J connectivity index is 2.70. The molecule has 0 bridgehead atoms. The summed E-state index contributed by atoms with van der Waals surface area (Å²) in [5.74, 6) is -5.34. The minimum Gasteiger partial charge on any atom is -0.481 e. The van der Waals surface area contributed by atoms with Crippen LogP contribution in [0.15, 0.2) is 6.07 Å². The molecule has 0 radical (unpaired) electrons. The van der Waals surface area contributed by atoms with Crippen molar-refractivity contribution in [3.8, 4) is 0 Å². The molecule has 17 heavy (non-hydrogen) atoms. The normalized spacial score (nSPS) is 17.6. The van der Waals surface area contributed by atoms with E-state index in [1.807, 2.05) is 0 Å². The van der Waals surface area contributed by atoms with E-state index in [4.69, 9.17) is 16.7 Å². The van der Waals surface area contributed by atoms with Gasteiger partial charge in [-0.3, -0.25) is 4.79 Å². The van der Waals surface area contributed by atoms with Gasteiger partial charge in [-0.05, 0) is 18.9 Å². The van der Waals surface area contributed by atoms with Crippen LogP contribution in [0.1, 0.15) is 24.8 Å². The highest BCUT2D eigenvalue weighted by atomic mass is 35.5. The SMILES string of the molecule is O=C(O)C1(c2c(F)c(F)cc(Cl)c2F)CCC1. The van der Waals surface area contributed by atoms with E-state index in [-0.39, 0.29) is 12.8 Å². The zero-order valence-corrected chi connectivity index (χ0v) is 9.32. The molecule has 1 saturated carbocycles. The average Bonchev–Trinajstić information content (AvgIpc) is 2.18. The minimum absolute atomic E-state index is 0.0793. The molecule has 1 aliphatic carbocycles. The van der Waals surface area contributed by atoms with Gasteiger partial charge in [-0.25, -0.2) is 13.2 Å². The minimum atomic E-state index is -1.68. The number of hydrogen-bond donors (Lipinski definition) is 1. The van der Waals surface area contributed by atoms with Gasteiger partial charge in [-0.2, -0.15) is 0 Å². The molecule has 0 spiro atoms. The number of halogens is 4. The van der Waals surface area contributed by atoms with E-state index in [0.717, 1.165) is 0 Å². The molecule has 1 aromatic carbocycles. The molecule has 1 fully saturated rings. The Labute approximate surface area is 100 Å². The van der Waals surface area contributed by atoms with E-state index < -0.39 is 39.4 Å². The largest absolute Gasteiger partial charge is 0.481 e. The third kappa shape index (κ3) is 1.60. The highest BCUT2D eigenvalue weighted by Gasteiger charge is 2.50. The molecule has 1 aliphatic rings. The molecule has 0 saturated heterocycles. The molecule has 0 heterocycles.